The number of rotatable bonds is 7. The van der Waals surface area contributed by atoms with Gasteiger partial charge in [-0.05, 0) is 31.1 Å². The second-order valence-corrected chi connectivity index (χ2v) is 5.89. The van der Waals surface area contributed by atoms with Gasteiger partial charge in [0.1, 0.15) is 0 Å². The quantitative estimate of drug-likeness (QED) is 0.720. The van der Waals surface area contributed by atoms with Gasteiger partial charge in [-0.2, -0.15) is 0 Å². The predicted octanol–water partition coefficient (Wildman–Crippen LogP) is 2.19. The lowest BCUT2D eigenvalue weighted by atomic mass is 9.80. The summed E-state index contributed by atoms with van der Waals surface area (Å²) in [6.45, 7) is 10.7. The fraction of sp³-hybridized carbons (Fsp3) is 1.00. The van der Waals surface area contributed by atoms with Crippen molar-refractivity contribution in [3.05, 3.63) is 0 Å². The Labute approximate surface area is 106 Å². The van der Waals surface area contributed by atoms with Crippen LogP contribution in [0, 0.1) is 10.8 Å². The van der Waals surface area contributed by atoms with Gasteiger partial charge in [-0.25, -0.2) is 0 Å². The van der Waals surface area contributed by atoms with Crippen LogP contribution in [0.3, 0.4) is 0 Å². The highest BCUT2D eigenvalue weighted by atomic mass is 16.5. The van der Waals surface area contributed by atoms with Crippen molar-refractivity contribution in [1.82, 2.24) is 5.32 Å². The summed E-state index contributed by atoms with van der Waals surface area (Å²) in [5, 5.41) is 13.1. The second-order valence-electron chi connectivity index (χ2n) is 5.89. The van der Waals surface area contributed by atoms with Crippen LogP contribution in [0.2, 0.25) is 0 Å². The molecule has 0 aromatic carbocycles. The molecular formula is C14H29NO2. The molecule has 0 aromatic rings. The molecule has 1 rings (SSSR count). The van der Waals surface area contributed by atoms with Crippen LogP contribution in [0.15, 0.2) is 0 Å². The SMILES string of the molecule is CCC(CC)(CO)CNCC1(C)CCOCC1. The Morgan fingerprint density at radius 3 is 2.29 bits per heavy atom. The van der Waals surface area contributed by atoms with Gasteiger partial charge in [0.15, 0.2) is 0 Å². The van der Waals surface area contributed by atoms with Crippen molar-refractivity contribution >= 4 is 0 Å². The fourth-order valence-electron chi connectivity index (χ4n) is 2.45. The van der Waals surface area contributed by atoms with Gasteiger partial charge in [-0.3, -0.25) is 0 Å². The first-order valence-corrected chi connectivity index (χ1v) is 6.99. The molecule has 0 saturated carbocycles. The Balaban J connectivity index is 2.34. The average molecular weight is 243 g/mol. The number of aliphatic hydroxyl groups excluding tert-OH is 1. The molecule has 1 aliphatic rings. The van der Waals surface area contributed by atoms with E-state index in [1.54, 1.807) is 0 Å². The molecule has 0 aromatic heterocycles. The highest BCUT2D eigenvalue weighted by Gasteiger charge is 2.29. The third-order valence-corrected chi connectivity index (χ3v) is 4.59. The highest BCUT2D eigenvalue weighted by molar-refractivity contribution is 4.83. The van der Waals surface area contributed by atoms with E-state index in [-0.39, 0.29) is 12.0 Å². The van der Waals surface area contributed by atoms with Crippen molar-refractivity contribution < 1.29 is 9.84 Å². The molecule has 3 nitrogen and oxygen atoms in total. The van der Waals surface area contributed by atoms with Crippen molar-refractivity contribution in [3.8, 4) is 0 Å². The maximum atomic E-state index is 9.52. The zero-order chi connectivity index (χ0) is 12.8. The van der Waals surface area contributed by atoms with Crippen LogP contribution in [0.5, 0.6) is 0 Å². The lowest BCUT2D eigenvalue weighted by Gasteiger charge is -2.36. The molecule has 0 spiro atoms. The van der Waals surface area contributed by atoms with Gasteiger partial charge in [0.2, 0.25) is 0 Å². The van der Waals surface area contributed by atoms with Crippen molar-refractivity contribution in [1.29, 1.82) is 0 Å². The first-order chi connectivity index (χ1) is 8.10. The van der Waals surface area contributed by atoms with E-state index < -0.39 is 0 Å². The summed E-state index contributed by atoms with van der Waals surface area (Å²) in [5.74, 6) is 0. The minimum absolute atomic E-state index is 0.0710. The summed E-state index contributed by atoms with van der Waals surface area (Å²) in [7, 11) is 0. The minimum Gasteiger partial charge on any atom is -0.396 e. The number of hydrogen-bond donors (Lipinski definition) is 2. The summed E-state index contributed by atoms with van der Waals surface area (Å²) in [6.07, 6.45) is 4.36. The van der Waals surface area contributed by atoms with Crippen LogP contribution < -0.4 is 5.32 Å². The van der Waals surface area contributed by atoms with Crippen LogP contribution in [0.1, 0.15) is 46.5 Å². The van der Waals surface area contributed by atoms with E-state index in [0.29, 0.717) is 5.41 Å². The molecule has 0 amide bonds. The van der Waals surface area contributed by atoms with Gasteiger partial charge in [-0.1, -0.05) is 20.8 Å². The molecule has 1 fully saturated rings. The largest absolute Gasteiger partial charge is 0.396 e. The molecule has 1 aliphatic heterocycles. The molecule has 3 heteroatoms. The molecule has 0 bridgehead atoms. The highest BCUT2D eigenvalue weighted by Crippen LogP contribution is 2.30. The monoisotopic (exact) mass is 243 g/mol. The predicted molar refractivity (Wildman–Crippen MR) is 71.1 cm³/mol. The molecule has 102 valence electrons. The van der Waals surface area contributed by atoms with Crippen molar-refractivity contribution in [2.24, 2.45) is 10.8 Å². The Bertz CT molecular complexity index is 200. The molecule has 0 unspecified atom stereocenters. The number of nitrogens with one attached hydrogen (secondary N) is 1. The molecule has 0 atom stereocenters. The van der Waals surface area contributed by atoms with Crippen molar-refractivity contribution in [3.63, 3.8) is 0 Å². The Hall–Kier alpha value is -0.120. The van der Waals surface area contributed by atoms with Gasteiger partial charge < -0.3 is 15.2 Å². The Morgan fingerprint density at radius 2 is 1.82 bits per heavy atom. The molecule has 1 saturated heterocycles. The van der Waals surface area contributed by atoms with E-state index in [2.05, 4.69) is 26.1 Å². The first-order valence-electron chi connectivity index (χ1n) is 6.99. The zero-order valence-corrected chi connectivity index (χ0v) is 11.7. The smallest absolute Gasteiger partial charge is 0.0499 e. The Morgan fingerprint density at radius 1 is 1.24 bits per heavy atom. The standard InChI is InChI=1S/C14H29NO2/c1-4-14(5-2,12-16)11-15-10-13(3)6-8-17-9-7-13/h15-16H,4-12H2,1-3H3. The topological polar surface area (TPSA) is 41.5 Å². The summed E-state index contributed by atoms with van der Waals surface area (Å²) in [4.78, 5) is 0. The van der Waals surface area contributed by atoms with E-state index >= 15 is 0 Å². The summed E-state index contributed by atoms with van der Waals surface area (Å²) in [6, 6.07) is 0. The van der Waals surface area contributed by atoms with Gasteiger partial charge in [0.25, 0.3) is 0 Å². The van der Waals surface area contributed by atoms with Crippen LogP contribution in [0.25, 0.3) is 0 Å². The molecule has 0 radical (unpaired) electrons. The average Bonchev–Trinajstić information content (AvgIpc) is 2.36. The number of hydrogen-bond acceptors (Lipinski definition) is 3. The van der Waals surface area contributed by atoms with Gasteiger partial charge in [0, 0.05) is 38.3 Å². The third-order valence-electron chi connectivity index (χ3n) is 4.59. The lowest BCUT2D eigenvalue weighted by molar-refractivity contribution is 0.0211. The van der Waals surface area contributed by atoms with Gasteiger partial charge in [-0.15, -0.1) is 0 Å². The van der Waals surface area contributed by atoms with E-state index in [4.69, 9.17) is 4.74 Å². The van der Waals surface area contributed by atoms with Crippen LogP contribution >= 0.6 is 0 Å². The summed E-state index contributed by atoms with van der Waals surface area (Å²) >= 11 is 0. The molecule has 17 heavy (non-hydrogen) atoms. The zero-order valence-electron chi connectivity index (χ0n) is 11.7. The Kier molecular flexibility index (Phi) is 5.90. The molecule has 0 aliphatic carbocycles. The second kappa shape index (κ2) is 6.72. The number of aliphatic hydroxyl groups is 1. The van der Waals surface area contributed by atoms with Crippen LogP contribution in [-0.4, -0.2) is 38.0 Å². The molecular weight excluding hydrogens is 214 g/mol. The molecule has 2 N–H and O–H groups in total. The first kappa shape index (κ1) is 14.9. The van der Waals surface area contributed by atoms with E-state index in [1.165, 1.54) is 0 Å². The summed E-state index contributed by atoms with van der Waals surface area (Å²) in [5.41, 5.74) is 0.447. The van der Waals surface area contributed by atoms with Gasteiger partial charge >= 0.3 is 0 Å². The normalized spacial score (nSPS) is 20.5. The fourth-order valence-corrected chi connectivity index (χ4v) is 2.45. The van der Waals surface area contributed by atoms with Crippen LogP contribution in [-0.2, 0) is 4.74 Å². The number of ether oxygens (including phenoxy) is 1. The maximum absolute atomic E-state index is 9.52. The third kappa shape index (κ3) is 4.23. The van der Waals surface area contributed by atoms with E-state index in [0.717, 1.165) is 52.0 Å². The van der Waals surface area contributed by atoms with Gasteiger partial charge in [0.05, 0.1) is 0 Å². The maximum Gasteiger partial charge on any atom is 0.0499 e. The van der Waals surface area contributed by atoms with E-state index in [9.17, 15) is 5.11 Å². The molecule has 1 heterocycles. The minimum atomic E-state index is 0.0710. The van der Waals surface area contributed by atoms with Crippen molar-refractivity contribution in [2.75, 3.05) is 32.9 Å². The summed E-state index contributed by atoms with van der Waals surface area (Å²) < 4.78 is 5.41. The van der Waals surface area contributed by atoms with Crippen molar-refractivity contribution in [2.45, 2.75) is 46.5 Å². The van der Waals surface area contributed by atoms with Crippen LogP contribution in [0.4, 0.5) is 0 Å². The van der Waals surface area contributed by atoms with E-state index in [1.807, 2.05) is 0 Å². The lowest BCUT2D eigenvalue weighted by Crippen LogP contribution is -2.42.